The predicted octanol–water partition coefficient (Wildman–Crippen LogP) is 0.583. The number of urea groups is 1. The maximum absolute atomic E-state index is 11.4. The first-order valence-electron chi connectivity index (χ1n) is 5.17. The van der Waals surface area contributed by atoms with Crippen LogP contribution in [-0.2, 0) is 11.3 Å². The molecular formula is C10H15N3O4. The molecule has 1 aromatic rings. The quantitative estimate of drug-likeness (QED) is 0.699. The van der Waals surface area contributed by atoms with Crippen LogP contribution in [0.2, 0.25) is 0 Å². The molecule has 2 unspecified atom stereocenters. The molecule has 7 nitrogen and oxygen atoms in total. The Bertz CT molecular complexity index is 377. The third kappa shape index (κ3) is 4.13. The Balaban J connectivity index is 2.32. The first-order chi connectivity index (χ1) is 8.00. The van der Waals surface area contributed by atoms with Gasteiger partial charge in [-0.2, -0.15) is 0 Å². The molecule has 0 spiro atoms. The van der Waals surface area contributed by atoms with Crippen LogP contribution in [0.3, 0.4) is 0 Å². The van der Waals surface area contributed by atoms with Crippen LogP contribution >= 0.6 is 0 Å². The second-order valence-corrected chi connectivity index (χ2v) is 3.73. The van der Waals surface area contributed by atoms with E-state index in [9.17, 15) is 9.59 Å². The minimum Gasteiger partial charge on any atom is -0.481 e. The van der Waals surface area contributed by atoms with Crippen molar-refractivity contribution in [2.24, 2.45) is 5.92 Å². The van der Waals surface area contributed by atoms with Gasteiger partial charge in [-0.15, -0.1) is 0 Å². The lowest BCUT2D eigenvalue weighted by Gasteiger charge is -2.17. The van der Waals surface area contributed by atoms with Crippen LogP contribution in [0.1, 0.15) is 19.5 Å². The highest BCUT2D eigenvalue weighted by atomic mass is 16.5. The molecule has 0 radical (unpaired) electrons. The van der Waals surface area contributed by atoms with Crippen molar-refractivity contribution in [1.29, 1.82) is 0 Å². The molecule has 3 N–H and O–H groups in total. The number of carbonyl (C=O) groups excluding carboxylic acids is 1. The smallest absolute Gasteiger partial charge is 0.315 e. The zero-order valence-corrected chi connectivity index (χ0v) is 9.64. The fraction of sp³-hybridized carbons (Fsp3) is 0.500. The average Bonchev–Trinajstić information content (AvgIpc) is 2.77. The highest BCUT2D eigenvalue weighted by molar-refractivity contribution is 5.76. The van der Waals surface area contributed by atoms with E-state index in [1.807, 2.05) is 0 Å². The van der Waals surface area contributed by atoms with Crippen molar-refractivity contribution in [2.75, 3.05) is 0 Å². The lowest BCUT2D eigenvalue weighted by molar-refractivity contribution is -0.141. The summed E-state index contributed by atoms with van der Waals surface area (Å²) < 4.78 is 4.60. The summed E-state index contributed by atoms with van der Waals surface area (Å²) in [4.78, 5) is 22.1. The number of carbonyl (C=O) groups is 2. The van der Waals surface area contributed by atoms with Crippen molar-refractivity contribution in [3.8, 4) is 0 Å². The number of rotatable bonds is 5. The van der Waals surface area contributed by atoms with Gasteiger partial charge in [0, 0.05) is 12.1 Å². The summed E-state index contributed by atoms with van der Waals surface area (Å²) in [5.41, 5.74) is 0.596. The Labute approximate surface area is 98.2 Å². The van der Waals surface area contributed by atoms with Gasteiger partial charge in [-0.25, -0.2) is 4.79 Å². The van der Waals surface area contributed by atoms with E-state index in [0.29, 0.717) is 5.69 Å². The third-order valence-corrected chi connectivity index (χ3v) is 2.42. The SMILES string of the molecule is CC(NC(=O)NCc1ccon1)C(C)C(=O)O. The Morgan fingerprint density at radius 3 is 2.76 bits per heavy atom. The summed E-state index contributed by atoms with van der Waals surface area (Å²) >= 11 is 0. The second kappa shape index (κ2) is 5.88. The van der Waals surface area contributed by atoms with Crippen LogP contribution in [-0.4, -0.2) is 28.3 Å². The molecular weight excluding hydrogens is 226 g/mol. The molecule has 0 saturated heterocycles. The fourth-order valence-corrected chi connectivity index (χ4v) is 1.10. The molecule has 2 amide bonds. The van der Waals surface area contributed by atoms with E-state index in [1.165, 1.54) is 13.2 Å². The van der Waals surface area contributed by atoms with Crippen LogP contribution < -0.4 is 10.6 Å². The highest BCUT2D eigenvalue weighted by Crippen LogP contribution is 2.02. The maximum Gasteiger partial charge on any atom is 0.315 e. The predicted molar refractivity (Wildman–Crippen MR) is 58.1 cm³/mol. The van der Waals surface area contributed by atoms with Crippen LogP contribution in [0.5, 0.6) is 0 Å². The van der Waals surface area contributed by atoms with Gasteiger partial charge in [-0.1, -0.05) is 5.16 Å². The molecule has 2 atom stereocenters. The number of amides is 2. The molecule has 0 aliphatic heterocycles. The van der Waals surface area contributed by atoms with Crippen LogP contribution in [0, 0.1) is 5.92 Å². The molecule has 1 heterocycles. The minimum atomic E-state index is -0.950. The number of hydrogen-bond acceptors (Lipinski definition) is 4. The van der Waals surface area contributed by atoms with Gasteiger partial charge in [0.15, 0.2) is 0 Å². The molecule has 0 saturated carbocycles. The van der Waals surface area contributed by atoms with Crippen LogP contribution in [0.15, 0.2) is 16.9 Å². The van der Waals surface area contributed by atoms with Crippen LogP contribution in [0.4, 0.5) is 4.79 Å². The number of aromatic nitrogens is 1. The number of carboxylic acid groups (broad SMARTS) is 1. The van der Waals surface area contributed by atoms with Gasteiger partial charge < -0.3 is 20.3 Å². The number of aliphatic carboxylic acids is 1. The Morgan fingerprint density at radius 2 is 2.24 bits per heavy atom. The fourth-order valence-electron chi connectivity index (χ4n) is 1.10. The normalized spacial score (nSPS) is 13.8. The lowest BCUT2D eigenvalue weighted by Crippen LogP contribution is -2.45. The lowest BCUT2D eigenvalue weighted by atomic mass is 10.0. The number of nitrogens with zero attached hydrogens (tertiary/aromatic N) is 1. The Morgan fingerprint density at radius 1 is 1.53 bits per heavy atom. The van der Waals surface area contributed by atoms with Crippen molar-refractivity contribution in [3.63, 3.8) is 0 Å². The monoisotopic (exact) mass is 241 g/mol. The van der Waals surface area contributed by atoms with Gasteiger partial charge in [-0.05, 0) is 13.8 Å². The molecule has 17 heavy (non-hydrogen) atoms. The molecule has 1 aromatic heterocycles. The summed E-state index contributed by atoms with van der Waals surface area (Å²) in [6, 6.07) is 0.738. The molecule has 7 heteroatoms. The zero-order valence-electron chi connectivity index (χ0n) is 9.64. The van der Waals surface area contributed by atoms with E-state index in [2.05, 4.69) is 20.3 Å². The van der Waals surface area contributed by atoms with E-state index in [0.717, 1.165) is 0 Å². The minimum absolute atomic E-state index is 0.233. The van der Waals surface area contributed by atoms with E-state index in [-0.39, 0.29) is 6.54 Å². The highest BCUT2D eigenvalue weighted by Gasteiger charge is 2.20. The van der Waals surface area contributed by atoms with Crippen molar-refractivity contribution >= 4 is 12.0 Å². The zero-order chi connectivity index (χ0) is 12.8. The summed E-state index contributed by atoms with van der Waals surface area (Å²) in [7, 11) is 0. The van der Waals surface area contributed by atoms with Crippen LogP contribution in [0.25, 0.3) is 0 Å². The number of hydrogen-bond donors (Lipinski definition) is 3. The van der Waals surface area contributed by atoms with Crippen molar-refractivity contribution < 1.29 is 19.2 Å². The van der Waals surface area contributed by atoms with E-state index in [4.69, 9.17) is 5.11 Å². The van der Waals surface area contributed by atoms with Crippen molar-refractivity contribution in [2.45, 2.75) is 26.4 Å². The van der Waals surface area contributed by atoms with Gasteiger partial charge in [0.2, 0.25) is 0 Å². The molecule has 0 aliphatic carbocycles. The molecule has 0 bridgehead atoms. The van der Waals surface area contributed by atoms with E-state index < -0.39 is 24.0 Å². The summed E-state index contributed by atoms with van der Waals surface area (Å²) in [6.07, 6.45) is 1.41. The topological polar surface area (TPSA) is 104 Å². The summed E-state index contributed by atoms with van der Waals surface area (Å²) in [5, 5.41) is 17.4. The molecule has 0 aromatic carbocycles. The Hall–Kier alpha value is -2.05. The average molecular weight is 241 g/mol. The van der Waals surface area contributed by atoms with Gasteiger partial charge in [0.05, 0.1) is 12.5 Å². The molecule has 0 aliphatic rings. The van der Waals surface area contributed by atoms with Gasteiger partial charge in [0.25, 0.3) is 0 Å². The molecule has 94 valence electrons. The first-order valence-corrected chi connectivity index (χ1v) is 5.17. The summed E-state index contributed by atoms with van der Waals surface area (Å²) in [5.74, 6) is -1.60. The second-order valence-electron chi connectivity index (χ2n) is 3.73. The van der Waals surface area contributed by atoms with Gasteiger partial charge >= 0.3 is 12.0 Å². The van der Waals surface area contributed by atoms with Gasteiger partial charge in [-0.3, -0.25) is 4.79 Å². The van der Waals surface area contributed by atoms with Gasteiger partial charge in [0.1, 0.15) is 12.0 Å². The number of nitrogens with one attached hydrogen (secondary N) is 2. The van der Waals surface area contributed by atoms with E-state index in [1.54, 1.807) is 13.0 Å². The summed E-state index contributed by atoms with van der Waals surface area (Å²) in [6.45, 7) is 3.40. The van der Waals surface area contributed by atoms with E-state index >= 15 is 0 Å². The number of carboxylic acids is 1. The Kier molecular flexibility index (Phi) is 4.50. The largest absolute Gasteiger partial charge is 0.481 e. The molecule has 1 rings (SSSR count). The van der Waals surface area contributed by atoms with Crippen molar-refractivity contribution in [1.82, 2.24) is 15.8 Å². The molecule has 0 fully saturated rings. The first kappa shape index (κ1) is 13.0. The van der Waals surface area contributed by atoms with Crippen molar-refractivity contribution in [3.05, 3.63) is 18.0 Å². The standard InChI is InChI=1S/C10H15N3O4/c1-6(9(14)15)7(2)12-10(16)11-5-8-3-4-17-13-8/h3-4,6-7H,5H2,1-2H3,(H,14,15)(H2,11,12,16). The third-order valence-electron chi connectivity index (χ3n) is 2.42. The maximum atomic E-state index is 11.4.